The number of nitrogens with zero attached hydrogens (tertiary/aromatic N) is 3. The third-order valence-electron chi connectivity index (χ3n) is 4.56. The molecule has 1 saturated heterocycles. The Kier molecular flexibility index (Phi) is 5.45. The molecule has 0 bridgehead atoms. The summed E-state index contributed by atoms with van der Waals surface area (Å²) in [6.45, 7) is 1.61. The predicted molar refractivity (Wildman–Crippen MR) is 98.3 cm³/mol. The van der Waals surface area contributed by atoms with Crippen molar-refractivity contribution in [3.63, 3.8) is 0 Å². The molecular formula is C18H24N6O. The summed E-state index contributed by atoms with van der Waals surface area (Å²) in [4.78, 5) is 22.7. The molecule has 1 amide bonds. The summed E-state index contributed by atoms with van der Waals surface area (Å²) < 4.78 is 0. The second kappa shape index (κ2) is 7.94. The molecule has 1 aromatic carbocycles. The molecule has 2 heterocycles. The van der Waals surface area contributed by atoms with Crippen molar-refractivity contribution in [2.45, 2.75) is 24.9 Å². The van der Waals surface area contributed by atoms with E-state index in [0.29, 0.717) is 6.54 Å². The third-order valence-corrected chi connectivity index (χ3v) is 4.56. The van der Waals surface area contributed by atoms with Crippen molar-refractivity contribution in [1.29, 1.82) is 0 Å². The van der Waals surface area contributed by atoms with E-state index in [1.807, 2.05) is 43.4 Å². The zero-order valence-electron chi connectivity index (χ0n) is 14.4. The molecule has 1 aliphatic rings. The number of amides is 1. The van der Waals surface area contributed by atoms with E-state index < -0.39 is 6.04 Å². The summed E-state index contributed by atoms with van der Waals surface area (Å²) in [6, 6.07) is 11.3. The number of rotatable bonds is 7. The molecule has 0 radical (unpaired) electrons. The van der Waals surface area contributed by atoms with Gasteiger partial charge in [0.25, 0.3) is 0 Å². The van der Waals surface area contributed by atoms with Crippen LogP contribution < -0.4 is 21.3 Å². The molecule has 2 aromatic rings. The molecule has 0 aliphatic carbocycles. The van der Waals surface area contributed by atoms with E-state index >= 15 is 0 Å². The molecule has 7 nitrogen and oxygen atoms in total. The lowest BCUT2D eigenvalue weighted by Gasteiger charge is -2.27. The van der Waals surface area contributed by atoms with Crippen molar-refractivity contribution in [3.05, 3.63) is 48.3 Å². The number of benzene rings is 1. The Labute approximate surface area is 147 Å². The Morgan fingerprint density at radius 3 is 2.88 bits per heavy atom. The van der Waals surface area contributed by atoms with Crippen molar-refractivity contribution in [2.24, 2.45) is 5.73 Å². The van der Waals surface area contributed by atoms with Gasteiger partial charge < -0.3 is 21.3 Å². The Bertz CT molecular complexity index is 708. The largest absolute Gasteiger partial charge is 0.373 e. The van der Waals surface area contributed by atoms with Crippen LogP contribution in [0.2, 0.25) is 0 Å². The molecule has 3 rings (SSSR count). The number of hydrogen-bond acceptors (Lipinski definition) is 6. The maximum absolute atomic E-state index is 11.9. The van der Waals surface area contributed by atoms with Gasteiger partial charge in [-0.05, 0) is 18.4 Å². The standard InChI is InChI=1S/C18H24N6O/c1-20-15-10-16(23-12-22-15)24-9-5-8-14(24)11-21-17(18(19)25)13-6-3-2-4-7-13/h2-4,6-7,10,12,14,17,21H,5,8-9,11H2,1H3,(H2,19,25)(H,20,22,23)/t14-,17+/m1/s1. The van der Waals surface area contributed by atoms with E-state index in [4.69, 9.17) is 5.73 Å². The first kappa shape index (κ1) is 17.2. The van der Waals surface area contributed by atoms with Gasteiger partial charge in [-0.1, -0.05) is 30.3 Å². The highest BCUT2D eigenvalue weighted by Gasteiger charge is 2.27. The van der Waals surface area contributed by atoms with E-state index in [2.05, 4.69) is 25.5 Å². The predicted octanol–water partition coefficient (Wildman–Crippen LogP) is 1.30. The first-order valence-corrected chi connectivity index (χ1v) is 8.53. The van der Waals surface area contributed by atoms with E-state index in [1.165, 1.54) is 0 Å². The van der Waals surface area contributed by atoms with Gasteiger partial charge >= 0.3 is 0 Å². The van der Waals surface area contributed by atoms with Crippen LogP contribution in [0.25, 0.3) is 0 Å². The van der Waals surface area contributed by atoms with Crippen LogP contribution >= 0.6 is 0 Å². The summed E-state index contributed by atoms with van der Waals surface area (Å²) >= 11 is 0. The summed E-state index contributed by atoms with van der Waals surface area (Å²) in [5.74, 6) is 1.33. The minimum atomic E-state index is -0.484. The van der Waals surface area contributed by atoms with Crippen LogP contribution in [0.5, 0.6) is 0 Å². The fourth-order valence-electron chi connectivity index (χ4n) is 3.27. The van der Waals surface area contributed by atoms with E-state index in [-0.39, 0.29) is 11.9 Å². The maximum Gasteiger partial charge on any atom is 0.239 e. The van der Waals surface area contributed by atoms with Crippen molar-refractivity contribution in [2.75, 3.05) is 30.4 Å². The highest BCUT2D eigenvalue weighted by atomic mass is 16.1. The van der Waals surface area contributed by atoms with E-state index in [1.54, 1.807) is 6.33 Å². The number of primary amides is 1. The fraction of sp³-hybridized carbons (Fsp3) is 0.389. The molecule has 4 N–H and O–H groups in total. The van der Waals surface area contributed by atoms with Gasteiger partial charge in [-0.15, -0.1) is 0 Å². The number of nitrogens with one attached hydrogen (secondary N) is 2. The molecule has 0 spiro atoms. The quantitative estimate of drug-likeness (QED) is 0.703. The second-order valence-corrected chi connectivity index (χ2v) is 6.16. The van der Waals surface area contributed by atoms with Gasteiger partial charge in [0.15, 0.2) is 0 Å². The van der Waals surface area contributed by atoms with Crippen molar-refractivity contribution in [1.82, 2.24) is 15.3 Å². The average molecular weight is 340 g/mol. The first-order chi connectivity index (χ1) is 12.2. The van der Waals surface area contributed by atoms with Gasteiger partial charge in [0.2, 0.25) is 5.91 Å². The zero-order valence-corrected chi connectivity index (χ0v) is 14.4. The van der Waals surface area contributed by atoms with Gasteiger partial charge in [0.1, 0.15) is 24.0 Å². The van der Waals surface area contributed by atoms with Gasteiger partial charge in [0, 0.05) is 32.2 Å². The van der Waals surface area contributed by atoms with Gasteiger partial charge in [-0.3, -0.25) is 4.79 Å². The van der Waals surface area contributed by atoms with Crippen LogP contribution in [0.1, 0.15) is 24.4 Å². The lowest BCUT2D eigenvalue weighted by Crippen LogP contribution is -2.43. The van der Waals surface area contributed by atoms with E-state index in [9.17, 15) is 4.79 Å². The third kappa shape index (κ3) is 4.06. The fourth-order valence-corrected chi connectivity index (χ4v) is 3.27. The van der Waals surface area contributed by atoms with Crippen LogP contribution in [0.3, 0.4) is 0 Å². The molecule has 0 saturated carbocycles. The SMILES string of the molecule is CNc1cc(N2CCC[C@@H]2CN[C@H](C(N)=O)c2ccccc2)ncn1. The van der Waals surface area contributed by atoms with Crippen LogP contribution in [0.15, 0.2) is 42.7 Å². The molecule has 7 heteroatoms. The first-order valence-electron chi connectivity index (χ1n) is 8.53. The molecule has 1 aromatic heterocycles. The molecule has 2 atom stereocenters. The summed E-state index contributed by atoms with van der Waals surface area (Å²) in [6.07, 6.45) is 3.71. The van der Waals surface area contributed by atoms with Crippen molar-refractivity contribution in [3.8, 4) is 0 Å². The van der Waals surface area contributed by atoms with Gasteiger partial charge in [0.05, 0.1) is 0 Å². The van der Waals surface area contributed by atoms with Crippen LogP contribution in [0.4, 0.5) is 11.6 Å². The lowest BCUT2D eigenvalue weighted by molar-refractivity contribution is -0.120. The minimum Gasteiger partial charge on any atom is -0.373 e. The smallest absolute Gasteiger partial charge is 0.239 e. The van der Waals surface area contributed by atoms with Crippen LogP contribution in [0, 0.1) is 0 Å². The number of carbonyl (C=O) groups is 1. The molecule has 25 heavy (non-hydrogen) atoms. The highest BCUT2D eigenvalue weighted by molar-refractivity contribution is 5.81. The van der Waals surface area contributed by atoms with Crippen LogP contribution in [-0.4, -0.2) is 42.1 Å². The molecule has 1 fully saturated rings. The average Bonchev–Trinajstić information content (AvgIpc) is 3.11. The summed E-state index contributed by atoms with van der Waals surface area (Å²) in [5, 5.41) is 6.37. The number of anilines is 2. The number of nitrogens with two attached hydrogens (primary N) is 1. The molecular weight excluding hydrogens is 316 g/mol. The Balaban J connectivity index is 1.69. The molecule has 1 aliphatic heterocycles. The maximum atomic E-state index is 11.9. The van der Waals surface area contributed by atoms with Crippen LogP contribution in [-0.2, 0) is 4.79 Å². The Morgan fingerprint density at radius 2 is 2.16 bits per heavy atom. The monoisotopic (exact) mass is 340 g/mol. The topological polar surface area (TPSA) is 96.2 Å². The second-order valence-electron chi connectivity index (χ2n) is 6.16. The normalized spacial score (nSPS) is 18.1. The number of hydrogen-bond donors (Lipinski definition) is 3. The van der Waals surface area contributed by atoms with Gasteiger partial charge in [-0.25, -0.2) is 9.97 Å². The zero-order chi connectivity index (χ0) is 17.6. The minimum absolute atomic E-state index is 0.269. The Morgan fingerprint density at radius 1 is 1.36 bits per heavy atom. The number of aromatic nitrogens is 2. The molecule has 0 unspecified atom stereocenters. The highest BCUT2D eigenvalue weighted by Crippen LogP contribution is 2.25. The van der Waals surface area contributed by atoms with Crippen molar-refractivity contribution < 1.29 is 4.79 Å². The van der Waals surface area contributed by atoms with Crippen molar-refractivity contribution >= 4 is 17.5 Å². The summed E-state index contributed by atoms with van der Waals surface area (Å²) in [5.41, 5.74) is 6.48. The molecule has 132 valence electrons. The number of carbonyl (C=O) groups excluding carboxylic acids is 1. The Hall–Kier alpha value is -2.67. The lowest BCUT2D eigenvalue weighted by atomic mass is 10.1. The summed E-state index contributed by atoms with van der Waals surface area (Å²) in [7, 11) is 1.84. The van der Waals surface area contributed by atoms with Gasteiger partial charge in [-0.2, -0.15) is 0 Å². The van der Waals surface area contributed by atoms with E-state index in [0.717, 1.165) is 36.6 Å².